The number of thiophene rings is 2. The maximum atomic E-state index is 13.1. The molecule has 0 saturated carbocycles. The van der Waals surface area contributed by atoms with Crippen molar-refractivity contribution < 1.29 is 18.0 Å². The lowest BCUT2D eigenvalue weighted by Gasteiger charge is -2.30. The fourth-order valence-electron chi connectivity index (χ4n) is 4.23. The molecule has 2 aliphatic heterocycles. The summed E-state index contributed by atoms with van der Waals surface area (Å²) in [5.74, 6) is -1.35. The Bertz CT molecular complexity index is 1140. The van der Waals surface area contributed by atoms with Crippen molar-refractivity contribution in [3.8, 4) is 0 Å². The van der Waals surface area contributed by atoms with E-state index < -0.39 is 21.8 Å². The lowest BCUT2D eigenvalue weighted by molar-refractivity contribution is -0.120. The fourth-order valence-corrected chi connectivity index (χ4v) is 8.69. The zero-order valence-corrected chi connectivity index (χ0v) is 20.8. The molecule has 4 heterocycles. The molecular formula is C20H25ClN4O4S3. The summed E-state index contributed by atoms with van der Waals surface area (Å²) in [5, 5.41) is 3.36. The maximum Gasteiger partial charge on any atom is 0.252 e. The molecule has 1 fully saturated rings. The van der Waals surface area contributed by atoms with Crippen LogP contribution in [0.15, 0.2) is 16.3 Å². The third-order valence-electron chi connectivity index (χ3n) is 5.96. The average Bonchev–Trinajstić information content (AvgIpc) is 3.36. The molecule has 174 valence electrons. The van der Waals surface area contributed by atoms with Gasteiger partial charge in [-0.25, -0.2) is 8.42 Å². The second kappa shape index (κ2) is 9.40. The van der Waals surface area contributed by atoms with Gasteiger partial charge in [0.15, 0.2) is 0 Å². The Kier molecular flexibility index (Phi) is 6.94. The number of carbonyl (C=O) groups is 2. The molecule has 4 rings (SSSR count). The Morgan fingerprint density at radius 3 is 2.72 bits per heavy atom. The van der Waals surface area contributed by atoms with E-state index in [1.54, 1.807) is 6.07 Å². The first-order valence-electron chi connectivity index (χ1n) is 10.4. The van der Waals surface area contributed by atoms with Crippen LogP contribution in [0, 0.1) is 5.92 Å². The number of carbonyl (C=O) groups excluding carboxylic acids is 2. The van der Waals surface area contributed by atoms with Crippen LogP contribution in [0.25, 0.3) is 0 Å². The molecule has 0 bridgehead atoms. The number of primary amides is 1. The van der Waals surface area contributed by atoms with E-state index in [1.165, 1.54) is 21.7 Å². The van der Waals surface area contributed by atoms with Crippen LogP contribution in [-0.2, 0) is 27.8 Å². The van der Waals surface area contributed by atoms with Gasteiger partial charge in [-0.3, -0.25) is 14.5 Å². The summed E-state index contributed by atoms with van der Waals surface area (Å²) < 4.78 is 27.8. The van der Waals surface area contributed by atoms with Gasteiger partial charge in [0.05, 0.1) is 15.8 Å². The molecule has 12 heteroatoms. The van der Waals surface area contributed by atoms with Crippen LogP contribution in [0.3, 0.4) is 0 Å². The number of nitrogens with one attached hydrogen (secondary N) is 1. The largest absolute Gasteiger partial charge is 0.365 e. The van der Waals surface area contributed by atoms with Gasteiger partial charge in [0.1, 0.15) is 9.21 Å². The number of hydrogen-bond donors (Lipinski definition) is 2. The summed E-state index contributed by atoms with van der Waals surface area (Å²) in [6.45, 7) is 5.01. The van der Waals surface area contributed by atoms with E-state index in [4.69, 9.17) is 17.3 Å². The lowest BCUT2D eigenvalue weighted by atomic mass is 9.98. The monoisotopic (exact) mass is 516 g/mol. The molecule has 1 saturated heterocycles. The van der Waals surface area contributed by atoms with Gasteiger partial charge < -0.3 is 11.1 Å². The number of hydrogen-bond acceptors (Lipinski definition) is 7. The quantitative estimate of drug-likeness (QED) is 0.612. The van der Waals surface area contributed by atoms with E-state index in [0.717, 1.165) is 41.4 Å². The highest BCUT2D eigenvalue weighted by Crippen LogP contribution is 2.38. The summed E-state index contributed by atoms with van der Waals surface area (Å²) >= 11 is 8.30. The molecule has 1 atom stereocenters. The predicted molar refractivity (Wildman–Crippen MR) is 127 cm³/mol. The molecule has 2 aromatic rings. The number of sulfonamides is 1. The third kappa shape index (κ3) is 4.59. The number of nitrogens with two attached hydrogens (primary N) is 1. The minimum atomic E-state index is -3.70. The van der Waals surface area contributed by atoms with Crippen molar-refractivity contribution in [3.63, 3.8) is 0 Å². The Morgan fingerprint density at radius 1 is 1.28 bits per heavy atom. The molecule has 32 heavy (non-hydrogen) atoms. The van der Waals surface area contributed by atoms with Crippen molar-refractivity contribution in [2.75, 3.05) is 31.5 Å². The van der Waals surface area contributed by atoms with Crippen LogP contribution < -0.4 is 11.1 Å². The van der Waals surface area contributed by atoms with E-state index in [9.17, 15) is 18.0 Å². The van der Waals surface area contributed by atoms with Gasteiger partial charge in [0.2, 0.25) is 5.91 Å². The van der Waals surface area contributed by atoms with E-state index in [1.807, 2.05) is 0 Å². The number of likely N-dealkylation sites (N-methyl/N-ethyl adjacent to an activating group) is 1. The van der Waals surface area contributed by atoms with Crippen LogP contribution in [-0.4, -0.2) is 55.6 Å². The van der Waals surface area contributed by atoms with Gasteiger partial charge in [0, 0.05) is 31.1 Å². The van der Waals surface area contributed by atoms with E-state index in [2.05, 4.69) is 17.1 Å². The zero-order valence-electron chi connectivity index (χ0n) is 17.6. The Hall–Kier alpha value is -1.50. The first kappa shape index (κ1) is 23.7. The van der Waals surface area contributed by atoms with Gasteiger partial charge >= 0.3 is 0 Å². The molecule has 0 aliphatic carbocycles. The van der Waals surface area contributed by atoms with E-state index >= 15 is 0 Å². The van der Waals surface area contributed by atoms with E-state index in [-0.39, 0.29) is 16.7 Å². The van der Waals surface area contributed by atoms with Crippen LogP contribution in [0.2, 0.25) is 4.34 Å². The number of halogens is 1. The standard InChI is InChI=1S/C20H25ClN4O4S3/c1-2-24-9-7-13-14(11-24)30-20(17(13)18(22)26)23-19(27)12-4-3-8-25(10-12)32(28,29)16-6-5-15(21)31-16/h5-6,12H,2-4,7-11H2,1H3,(H2,22,26)(H,23,27). The summed E-state index contributed by atoms with van der Waals surface area (Å²) in [6, 6.07) is 3.04. The number of rotatable bonds is 6. The van der Waals surface area contributed by atoms with Gasteiger partial charge in [-0.05, 0) is 43.5 Å². The van der Waals surface area contributed by atoms with Gasteiger partial charge in [-0.1, -0.05) is 18.5 Å². The zero-order chi connectivity index (χ0) is 23.0. The normalized spacial score (nSPS) is 20.1. The smallest absolute Gasteiger partial charge is 0.252 e. The van der Waals surface area contributed by atoms with Crippen molar-refractivity contribution in [1.82, 2.24) is 9.21 Å². The fraction of sp³-hybridized carbons (Fsp3) is 0.500. The van der Waals surface area contributed by atoms with Crippen molar-refractivity contribution in [1.29, 1.82) is 0 Å². The maximum absolute atomic E-state index is 13.1. The Labute approximate surface area is 200 Å². The third-order valence-corrected chi connectivity index (χ3v) is 10.7. The SMILES string of the molecule is CCN1CCc2c(sc(NC(=O)C3CCCN(S(=O)(=O)c4ccc(Cl)s4)C3)c2C(N)=O)C1. The van der Waals surface area contributed by atoms with Gasteiger partial charge in [-0.15, -0.1) is 22.7 Å². The van der Waals surface area contributed by atoms with Crippen LogP contribution in [0.1, 0.15) is 40.6 Å². The molecule has 2 aliphatic rings. The molecule has 0 aromatic carbocycles. The average molecular weight is 517 g/mol. The second-order valence-electron chi connectivity index (χ2n) is 7.94. The highest BCUT2D eigenvalue weighted by atomic mass is 35.5. The van der Waals surface area contributed by atoms with Crippen LogP contribution in [0.4, 0.5) is 5.00 Å². The first-order valence-corrected chi connectivity index (χ1v) is 13.9. The highest BCUT2D eigenvalue weighted by Gasteiger charge is 2.35. The molecule has 2 aromatic heterocycles. The first-order chi connectivity index (χ1) is 15.2. The van der Waals surface area contributed by atoms with Crippen LogP contribution in [0.5, 0.6) is 0 Å². The second-order valence-corrected chi connectivity index (χ2v) is 12.9. The summed E-state index contributed by atoms with van der Waals surface area (Å²) in [4.78, 5) is 28.6. The number of amides is 2. The van der Waals surface area contributed by atoms with Crippen molar-refractivity contribution >= 4 is 61.1 Å². The highest BCUT2D eigenvalue weighted by molar-refractivity contribution is 7.91. The lowest BCUT2D eigenvalue weighted by Crippen LogP contribution is -2.43. The molecule has 0 spiro atoms. The topological polar surface area (TPSA) is 113 Å². The molecule has 0 radical (unpaired) electrons. The summed E-state index contributed by atoms with van der Waals surface area (Å²) in [5.41, 5.74) is 6.97. The van der Waals surface area contributed by atoms with Gasteiger partial charge in [-0.2, -0.15) is 4.31 Å². The van der Waals surface area contributed by atoms with Crippen molar-refractivity contribution in [2.45, 2.75) is 36.9 Å². The van der Waals surface area contributed by atoms with Crippen molar-refractivity contribution in [3.05, 3.63) is 32.5 Å². The Morgan fingerprint density at radius 2 is 2.06 bits per heavy atom. The summed E-state index contributed by atoms with van der Waals surface area (Å²) in [7, 11) is -3.70. The predicted octanol–water partition coefficient (Wildman–Crippen LogP) is 2.98. The van der Waals surface area contributed by atoms with Gasteiger partial charge in [0.25, 0.3) is 15.9 Å². The number of anilines is 1. The number of piperidine rings is 1. The Balaban J connectivity index is 1.52. The number of nitrogens with zero attached hydrogens (tertiary/aromatic N) is 2. The minimum Gasteiger partial charge on any atom is -0.365 e. The molecule has 3 N–H and O–H groups in total. The number of fused-ring (bicyclic) bond motifs is 1. The minimum absolute atomic E-state index is 0.0876. The van der Waals surface area contributed by atoms with Crippen LogP contribution >= 0.6 is 34.3 Å². The molecule has 1 unspecified atom stereocenters. The van der Waals surface area contributed by atoms with E-state index in [0.29, 0.717) is 40.7 Å². The summed E-state index contributed by atoms with van der Waals surface area (Å²) in [6.07, 6.45) is 1.86. The molecule has 8 nitrogen and oxygen atoms in total. The molecule has 2 amide bonds. The van der Waals surface area contributed by atoms with Crippen molar-refractivity contribution in [2.24, 2.45) is 11.7 Å². The molecular weight excluding hydrogens is 492 g/mol.